The van der Waals surface area contributed by atoms with E-state index in [9.17, 15) is 4.79 Å². The van der Waals surface area contributed by atoms with Crippen LogP contribution in [0.1, 0.15) is 19.4 Å². The molecule has 0 saturated carbocycles. The number of benzene rings is 1. The van der Waals surface area contributed by atoms with Crippen molar-refractivity contribution in [1.82, 2.24) is 14.5 Å². The van der Waals surface area contributed by atoms with Crippen LogP contribution in [0, 0.1) is 0 Å². The van der Waals surface area contributed by atoms with Crippen LogP contribution >= 0.6 is 11.6 Å². The molecule has 96 valence electrons. The number of likely N-dealkylation sites (N-methyl/N-ethyl adjacent to an activating group) is 1. The van der Waals surface area contributed by atoms with E-state index in [0.29, 0.717) is 5.02 Å². The summed E-state index contributed by atoms with van der Waals surface area (Å²) < 4.78 is 1.88. The van der Waals surface area contributed by atoms with E-state index in [2.05, 4.69) is 16.8 Å². The van der Waals surface area contributed by atoms with Gasteiger partial charge in [-0.1, -0.05) is 18.5 Å². The van der Waals surface area contributed by atoms with Crippen molar-refractivity contribution in [3.05, 3.63) is 33.7 Å². The van der Waals surface area contributed by atoms with E-state index in [0.717, 1.165) is 37.1 Å². The molecule has 1 aromatic carbocycles. The second-order valence-corrected chi connectivity index (χ2v) is 5.23. The fourth-order valence-electron chi connectivity index (χ4n) is 2.78. The second-order valence-electron chi connectivity index (χ2n) is 4.80. The summed E-state index contributed by atoms with van der Waals surface area (Å²) in [5, 5.41) is 0.650. The average molecular weight is 266 g/mol. The van der Waals surface area contributed by atoms with Crippen molar-refractivity contribution in [2.45, 2.75) is 19.4 Å². The van der Waals surface area contributed by atoms with Crippen molar-refractivity contribution >= 4 is 22.6 Å². The summed E-state index contributed by atoms with van der Waals surface area (Å²) in [6.45, 7) is 5.21. The van der Waals surface area contributed by atoms with Crippen molar-refractivity contribution in [2.24, 2.45) is 0 Å². The van der Waals surface area contributed by atoms with Crippen molar-refractivity contribution in [3.8, 4) is 0 Å². The minimum absolute atomic E-state index is 0.0322. The third kappa shape index (κ3) is 1.85. The van der Waals surface area contributed by atoms with Crippen LogP contribution < -0.4 is 5.69 Å². The molecule has 1 fully saturated rings. The number of halogens is 1. The number of aromatic nitrogens is 2. The Morgan fingerprint density at radius 1 is 1.50 bits per heavy atom. The highest BCUT2D eigenvalue weighted by atomic mass is 35.5. The number of rotatable bonds is 2. The standard InChI is InChI=1S/C13H16ClN3O/c1-2-16-6-5-10(8-16)17-12-4-3-9(14)7-11(12)15-13(17)18/h3-4,7,10H,2,5-6,8H2,1H3,(H,15,18). The van der Waals surface area contributed by atoms with Gasteiger partial charge in [0.2, 0.25) is 0 Å². The van der Waals surface area contributed by atoms with Gasteiger partial charge in [0.25, 0.3) is 0 Å². The minimum Gasteiger partial charge on any atom is -0.305 e. The predicted molar refractivity (Wildman–Crippen MR) is 73.3 cm³/mol. The lowest BCUT2D eigenvalue weighted by Crippen LogP contribution is -2.26. The van der Waals surface area contributed by atoms with Crippen molar-refractivity contribution < 1.29 is 0 Å². The maximum atomic E-state index is 12.1. The average Bonchev–Trinajstić information content (AvgIpc) is 2.91. The van der Waals surface area contributed by atoms with Crippen LogP contribution in [-0.4, -0.2) is 34.1 Å². The zero-order valence-electron chi connectivity index (χ0n) is 10.3. The lowest BCUT2D eigenvalue weighted by Gasteiger charge is -2.14. The number of aromatic amines is 1. The Hall–Kier alpha value is -1.26. The molecule has 0 bridgehead atoms. The number of nitrogens with one attached hydrogen (secondary N) is 1. The molecule has 1 N–H and O–H groups in total. The number of imidazole rings is 1. The molecule has 0 spiro atoms. The summed E-state index contributed by atoms with van der Waals surface area (Å²) >= 11 is 5.95. The van der Waals surface area contributed by atoms with E-state index in [4.69, 9.17) is 11.6 Å². The van der Waals surface area contributed by atoms with Gasteiger partial charge in [-0.25, -0.2) is 4.79 Å². The molecule has 1 atom stereocenters. The normalized spacial score (nSPS) is 20.9. The van der Waals surface area contributed by atoms with Gasteiger partial charge in [0, 0.05) is 18.1 Å². The first kappa shape index (κ1) is 11.8. The number of hydrogen-bond acceptors (Lipinski definition) is 2. The molecule has 2 aromatic rings. The summed E-state index contributed by atoms with van der Waals surface area (Å²) in [6, 6.07) is 5.83. The fourth-order valence-corrected chi connectivity index (χ4v) is 2.95. The molecule has 4 nitrogen and oxygen atoms in total. The lowest BCUT2D eigenvalue weighted by molar-refractivity contribution is 0.341. The van der Waals surface area contributed by atoms with Crippen molar-refractivity contribution in [3.63, 3.8) is 0 Å². The molecule has 0 radical (unpaired) electrons. The smallest absolute Gasteiger partial charge is 0.305 e. The molecule has 18 heavy (non-hydrogen) atoms. The monoisotopic (exact) mass is 265 g/mol. The van der Waals surface area contributed by atoms with Gasteiger partial charge >= 0.3 is 5.69 Å². The van der Waals surface area contributed by atoms with E-state index >= 15 is 0 Å². The number of fused-ring (bicyclic) bond motifs is 1. The zero-order chi connectivity index (χ0) is 12.7. The molecule has 3 rings (SSSR count). The molecule has 1 aliphatic rings. The second kappa shape index (κ2) is 4.44. The van der Waals surface area contributed by atoms with E-state index in [1.807, 2.05) is 16.7 Å². The molecule has 1 aromatic heterocycles. The van der Waals surface area contributed by atoms with Crippen LogP contribution in [0.2, 0.25) is 5.02 Å². The lowest BCUT2D eigenvalue weighted by atomic mass is 10.2. The van der Waals surface area contributed by atoms with Gasteiger partial charge in [0.1, 0.15) is 0 Å². The SMILES string of the molecule is CCN1CCC(n2c(=O)[nH]c3cc(Cl)ccc32)C1. The Morgan fingerprint density at radius 3 is 3.06 bits per heavy atom. The summed E-state index contributed by atoms with van der Waals surface area (Å²) in [5.41, 5.74) is 1.74. The largest absolute Gasteiger partial charge is 0.326 e. The van der Waals surface area contributed by atoms with Gasteiger partial charge < -0.3 is 9.88 Å². The summed E-state index contributed by atoms with van der Waals surface area (Å²) in [5.74, 6) is 0. The molecule has 1 saturated heterocycles. The van der Waals surface area contributed by atoms with Crippen LogP contribution in [-0.2, 0) is 0 Å². The Morgan fingerprint density at radius 2 is 2.33 bits per heavy atom. The maximum Gasteiger partial charge on any atom is 0.326 e. The van der Waals surface area contributed by atoms with Crippen molar-refractivity contribution in [2.75, 3.05) is 19.6 Å². The highest BCUT2D eigenvalue weighted by Gasteiger charge is 2.25. The number of H-pyrrole nitrogens is 1. The van der Waals surface area contributed by atoms with E-state index < -0.39 is 0 Å². The van der Waals surface area contributed by atoms with Crippen molar-refractivity contribution in [1.29, 1.82) is 0 Å². The van der Waals surface area contributed by atoms with E-state index in [1.165, 1.54) is 0 Å². The van der Waals surface area contributed by atoms with Crippen LogP contribution in [0.4, 0.5) is 0 Å². The molecule has 0 aliphatic carbocycles. The Kier molecular flexibility index (Phi) is 2.92. The van der Waals surface area contributed by atoms with Gasteiger partial charge in [0.15, 0.2) is 0 Å². The Labute approximate surface area is 110 Å². The molecule has 1 unspecified atom stereocenters. The first-order chi connectivity index (χ1) is 8.69. The highest BCUT2D eigenvalue weighted by molar-refractivity contribution is 6.31. The van der Waals surface area contributed by atoms with Gasteiger partial charge in [-0.15, -0.1) is 0 Å². The highest BCUT2D eigenvalue weighted by Crippen LogP contribution is 2.25. The van der Waals surface area contributed by atoms with Gasteiger partial charge in [-0.2, -0.15) is 0 Å². The summed E-state index contributed by atoms with van der Waals surface area (Å²) in [6.07, 6.45) is 1.03. The van der Waals surface area contributed by atoms with Crippen LogP contribution in [0.3, 0.4) is 0 Å². The van der Waals surface area contributed by atoms with E-state index in [-0.39, 0.29) is 11.7 Å². The first-order valence-corrected chi connectivity index (χ1v) is 6.69. The van der Waals surface area contributed by atoms with Crippen LogP contribution in [0.5, 0.6) is 0 Å². The fraction of sp³-hybridized carbons (Fsp3) is 0.462. The molecule has 2 heterocycles. The number of hydrogen-bond donors (Lipinski definition) is 1. The van der Waals surface area contributed by atoms with Gasteiger partial charge in [0.05, 0.1) is 17.1 Å². The topological polar surface area (TPSA) is 41.0 Å². The summed E-state index contributed by atoms with van der Waals surface area (Å²) in [4.78, 5) is 17.3. The number of likely N-dealkylation sites (tertiary alicyclic amines) is 1. The molecule has 1 aliphatic heterocycles. The summed E-state index contributed by atoms with van der Waals surface area (Å²) in [7, 11) is 0. The quantitative estimate of drug-likeness (QED) is 0.905. The molecular weight excluding hydrogens is 250 g/mol. The third-order valence-electron chi connectivity index (χ3n) is 3.74. The molecule has 0 amide bonds. The third-order valence-corrected chi connectivity index (χ3v) is 3.97. The Bertz CT molecular complexity index is 631. The minimum atomic E-state index is -0.0322. The predicted octanol–water partition coefficient (Wildman–Crippen LogP) is 2.25. The number of nitrogens with zero attached hydrogens (tertiary/aromatic N) is 2. The van der Waals surface area contributed by atoms with E-state index in [1.54, 1.807) is 6.07 Å². The maximum absolute atomic E-state index is 12.1. The van der Waals surface area contributed by atoms with Crippen LogP contribution in [0.25, 0.3) is 11.0 Å². The van der Waals surface area contributed by atoms with Gasteiger partial charge in [-0.05, 0) is 31.2 Å². The molecular formula is C13H16ClN3O. The van der Waals surface area contributed by atoms with Crippen LogP contribution in [0.15, 0.2) is 23.0 Å². The zero-order valence-corrected chi connectivity index (χ0v) is 11.1. The van der Waals surface area contributed by atoms with Gasteiger partial charge in [-0.3, -0.25) is 4.57 Å². The first-order valence-electron chi connectivity index (χ1n) is 6.31. The molecule has 5 heteroatoms. The Balaban J connectivity index is 2.07.